The maximum absolute atomic E-state index is 12.6. The normalized spacial score (nSPS) is 13.3. The van der Waals surface area contributed by atoms with Gasteiger partial charge in [0.2, 0.25) is 5.91 Å². The largest absolute Gasteiger partial charge is 0.406 e. The molecule has 1 aromatic rings. The minimum atomic E-state index is -4.41. The molecule has 0 N–H and O–H groups in total. The van der Waals surface area contributed by atoms with E-state index in [2.05, 4.69) is 15.9 Å². The molecule has 1 atom stereocenters. The zero-order valence-corrected chi connectivity index (χ0v) is 12.9. The molecule has 1 aromatic carbocycles. The standard InChI is InChI=1S/C14H17BrF3NO/c1-10(2)12(15)13(20)19(9-14(16,17)18)8-11-6-4-3-5-7-11/h3-7,10,12H,8-9H2,1-2H3. The Hall–Kier alpha value is -1.04. The average molecular weight is 352 g/mol. The van der Waals surface area contributed by atoms with Gasteiger partial charge < -0.3 is 4.90 Å². The second kappa shape index (κ2) is 7.11. The first-order valence-electron chi connectivity index (χ1n) is 6.24. The van der Waals surface area contributed by atoms with Crippen molar-refractivity contribution in [3.05, 3.63) is 35.9 Å². The fraction of sp³-hybridized carbons (Fsp3) is 0.500. The van der Waals surface area contributed by atoms with E-state index in [0.29, 0.717) is 5.56 Å². The van der Waals surface area contributed by atoms with Gasteiger partial charge >= 0.3 is 6.18 Å². The maximum atomic E-state index is 12.6. The summed E-state index contributed by atoms with van der Waals surface area (Å²) in [6, 6.07) is 8.66. The molecule has 0 aliphatic heterocycles. The van der Waals surface area contributed by atoms with Gasteiger partial charge in [0, 0.05) is 6.54 Å². The minimum absolute atomic E-state index is 0.0476. The molecule has 0 aromatic heterocycles. The lowest BCUT2D eigenvalue weighted by atomic mass is 10.1. The predicted molar refractivity (Wildman–Crippen MR) is 75.5 cm³/mol. The van der Waals surface area contributed by atoms with Gasteiger partial charge in [0.1, 0.15) is 6.54 Å². The Balaban J connectivity index is 2.88. The number of rotatable bonds is 5. The molecule has 1 unspecified atom stereocenters. The van der Waals surface area contributed by atoms with E-state index in [-0.39, 0.29) is 12.5 Å². The molecule has 0 fully saturated rings. The lowest BCUT2D eigenvalue weighted by molar-refractivity contribution is -0.162. The summed E-state index contributed by atoms with van der Waals surface area (Å²) < 4.78 is 37.9. The molecule has 0 bridgehead atoms. The predicted octanol–water partition coefficient (Wildman–Crippen LogP) is 4.00. The lowest BCUT2D eigenvalue weighted by Crippen LogP contribution is -2.43. The highest BCUT2D eigenvalue weighted by atomic mass is 79.9. The molecule has 0 spiro atoms. The van der Waals surface area contributed by atoms with Crippen molar-refractivity contribution < 1.29 is 18.0 Å². The monoisotopic (exact) mass is 351 g/mol. The quantitative estimate of drug-likeness (QED) is 0.734. The van der Waals surface area contributed by atoms with E-state index in [1.54, 1.807) is 44.2 Å². The molecular weight excluding hydrogens is 335 g/mol. The van der Waals surface area contributed by atoms with Crippen molar-refractivity contribution >= 4 is 21.8 Å². The molecule has 6 heteroatoms. The van der Waals surface area contributed by atoms with Gasteiger partial charge in [0.05, 0.1) is 4.83 Å². The highest BCUT2D eigenvalue weighted by Gasteiger charge is 2.35. The number of hydrogen-bond acceptors (Lipinski definition) is 1. The number of hydrogen-bond donors (Lipinski definition) is 0. The number of amides is 1. The second-order valence-electron chi connectivity index (χ2n) is 4.94. The van der Waals surface area contributed by atoms with Gasteiger partial charge in [0.25, 0.3) is 0 Å². The van der Waals surface area contributed by atoms with Gasteiger partial charge in [-0.25, -0.2) is 0 Å². The number of alkyl halides is 4. The van der Waals surface area contributed by atoms with E-state index in [1.807, 2.05) is 0 Å². The molecule has 1 rings (SSSR count). The molecule has 0 aliphatic rings. The SMILES string of the molecule is CC(C)C(Br)C(=O)N(Cc1ccccc1)CC(F)(F)F. The fourth-order valence-electron chi connectivity index (χ4n) is 1.69. The summed E-state index contributed by atoms with van der Waals surface area (Å²) >= 11 is 3.17. The zero-order valence-electron chi connectivity index (χ0n) is 11.3. The van der Waals surface area contributed by atoms with Crippen molar-refractivity contribution in [3.8, 4) is 0 Å². The van der Waals surface area contributed by atoms with Crippen LogP contribution in [0.2, 0.25) is 0 Å². The molecule has 20 heavy (non-hydrogen) atoms. The van der Waals surface area contributed by atoms with E-state index < -0.39 is 23.5 Å². The first-order valence-corrected chi connectivity index (χ1v) is 7.16. The average Bonchev–Trinajstić information content (AvgIpc) is 2.35. The minimum Gasteiger partial charge on any atom is -0.328 e. The van der Waals surface area contributed by atoms with E-state index in [4.69, 9.17) is 0 Å². The Morgan fingerprint density at radius 2 is 1.80 bits per heavy atom. The van der Waals surface area contributed by atoms with Crippen molar-refractivity contribution in [2.45, 2.75) is 31.4 Å². The van der Waals surface area contributed by atoms with E-state index >= 15 is 0 Å². The summed E-state index contributed by atoms with van der Waals surface area (Å²) in [5.41, 5.74) is 0.675. The van der Waals surface area contributed by atoms with Crippen LogP contribution in [0.3, 0.4) is 0 Å². The maximum Gasteiger partial charge on any atom is 0.406 e. The number of benzene rings is 1. The number of carbonyl (C=O) groups is 1. The van der Waals surface area contributed by atoms with Crippen LogP contribution in [0.4, 0.5) is 13.2 Å². The highest BCUT2D eigenvalue weighted by molar-refractivity contribution is 9.10. The summed E-state index contributed by atoms with van der Waals surface area (Å²) in [5, 5.41) is 0. The Morgan fingerprint density at radius 1 is 1.25 bits per heavy atom. The Labute approximate surface area is 125 Å². The van der Waals surface area contributed by atoms with Gasteiger partial charge in [0.15, 0.2) is 0 Å². The van der Waals surface area contributed by atoms with Gasteiger partial charge in [-0.05, 0) is 11.5 Å². The van der Waals surface area contributed by atoms with Crippen LogP contribution in [0.1, 0.15) is 19.4 Å². The number of halogens is 4. The van der Waals surface area contributed by atoms with Crippen LogP contribution in [0.5, 0.6) is 0 Å². The van der Waals surface area contributed by atoms with Crippen LogP contribution >= 0.6 is 15.9 Å². The van der Waals surface area contributed by atoms with Crippen LogP contribution in [-0.4, -0.2) is 28.4 Å². The molecule has 1 amide bonds. The van der Waals surface area contributed by atoms with Crippen molar-refractivity contribution in [3.63, 3.8) is 0 Å². The van der Waals surface area contributed by atoms with E-state index in [9.17, 15) is 18.0 Å². The summed E-state index contributed by atoms with van der Waals surface area (Å²) in [7, 11) is 0. The molecule has 0 saturated carbocycles. The first-order chi connectivity index (χ1) is 9.20. The van der Waals surface area contributed by atoms with Crippen molar-refractivity contribution in [1.29, 1.82) is 0 Å². The summed E-state index contributed by atoms with van der Waals surface area (Å²) in [6.45, 7) is 2.28. The summed E-state index contributed by atoms with van der Waals surface area (Å²) in [4.78, 5) is 12.4. The Morgan fingerprint density at radius 3 is 2.25 bits per heavy atom. The third kappa shape index (κ3) is 5.53. The molecule has 2 nitrogen and oxygen atoms in total. The Bertz CT molecular complexity index is 434. The second-order valence-corrected chi connectivity index (χ2v) is 5.93. The first kappa shape index (κ1) is 17.0. The molecule has 0 heterocycles. The Kier molecular flexibility index (Phi) is 6.05. The van der Waals surface area contributed by atoms with Crippen molar-refractivity contribution in [1.82, 2.24) is 4.90 Å². The van der Waals surface area contributed by atoms with Gasteiger partial charge in [-0.3, -0.25) is 4.79 Å². The van der Waals surface area contributed by atoms with Crippen LogP contribution in [0, 0.1) is 5.92 Å². The van der Waals surface area contributed by atoms with Crippen LogP contribution < -0.4 is 0 Å². The van der Waals surface area contributed by atoms with Crippen LogP contribution in [-0.2, 0) is 11.3 Å². The third-order valence-electron chi connectivity index (χ3n) is 2.72. The van der Waals surface area contributed by atoms with Gasteiger partial charge in [-0.1, -0.05) is 60.1 Å². The van der Waals surface area contributed by atoms with Gasteiger partial charge in [-0.15, -0.1) is 0 Å². The topological polar surface area (TPSA) is 20.3 Å². The smallest absolute Gasteiger partial charge is 0.328 e. The van der Waals surface area contributed by atoms with Gasteiger partial charge in [-0.2, -0.15) is 13.2 Å². The molecule has 0 saturated heterocycles. The van der Waals surface area contributed by atoms with Crippen LogP contribution in [0.15, 0.2) is 30.3 Å². The fourth-order valence-corrected chi connectivity index (χ4v) is 1.98. The molecule has 0 radical (unpaired) electrons. The van der Waals surface area contributed by atoms with Crippen molar-refractivity contribution in [2.24, 2.45) is 5.92 Å². The third-order valence-corrected chi connectivity index (χ3v) is 4.17. The molecule has 112 valence electrons. The molecular formula is C14H17BrF3NO. The summed E-state index contributed by atoms with van der Waals surface area (Å²) in [6.07, 6.45) is -4.41. The zero-order chi connectivity index (χ0) is 15.3. The number of carbonyl (C=O) groups excluding carboxylic acids is 1. The molecule has 0 aliphatic carbocycles. The van der Waals surface area contributed by atoms with E-state index in [0.717, 1.165) is 4.90 Å². The summed E-state index contributed by atoms with van der Waals surface area (Å²) in [5.74, 6) is -0.616. The van der Waals surface area contributed by atoms with E-state index in [1.165, 1.54) is 0 Å². The van der Waals surface area contributed by atoms with Crippen LogP contribution in [0.25, 0.3) is 0 Å². The highest BCUT2D eigenvalue weighted by Crippen LogP contribution is 2.22. The number of nitrogens with zero attached hydrogens (tertiary/aromatic N) is 1. The lowest BCUT2D eigenvalue weighted by Gasteiger charge is -2.27. The van der Waals surface area contributed by atoms with Crippen molar-refractivity contribution in [2.75, 3.05) is 6.54 Å².